The summed E-state index contributed by atoms with van der Waals surface area (Å²) in [6.07, 6.45) is 37.8. The van der Waals surface area contributed by atoms with Crippen molar-refractivity contribution in [1.29, 1.82) is 0 Å². The molecule has 0 aromatic carbocycles. The van der Waals surface area contributed by atoms with Crippen molar-refractivity contribution in [3.8, 4) is 0 Å². The van der Waals surface area contributed by atoms with E-state index in [0.29, 0.717) is 0 Å². The van der Waals surface area contributed by atoms with Crippen molar-refractivity contribution in [2.24, 2.45) is 0 Å². The first-order chi connectivity index (χ1) is 21.8. The minimum atomic E-state index is -0.908. The molecule has 0 aliphatic carbocycles. The molecule has 0 bridgehead atoms. The van der Waals surface area contributed by atoms with E-state index in [2.05, 4.69) is 20.8 Å². The molecule has 0 N–H and O–H groups in total. The minimum Gasteiger partial charge on any atom is -0.550 e. The first-order valence-corrected chi connectivity index (χ1v) is 19.4. The van der Waals surface area contributed by atoms with Crippen molar-refractivity contribution in [2.45, 2.75) is 233 Å². The van der Waals surface area contributed by atoms with Gasteiger partial charge in [-0.1, -0.05) is 194 Å². The van der Waals surface area contributed by atoms with Crippen LogP contribution in [0, 0.1) is 0 Å². The fraction of sp³-hybridized carbons (Fsp3) is 0.923. The summed E-state index contributed by atoms with van der Waals surface area (Å²) in [6.45, 7) is 6.70. The second-order valence-electron chi connectivity index (χ2n) is 12.9. The quantitative estimate of drug-likeness (QED) is 0.0481. The number of carboxylic acids is 3. The maximum atomic E-state index is 10.1. The van der Waals surface area contributed by atoms with Crippen molar-refractivity contribution in [1.82, 2.24) is 0 Å². The molecule has 0 saturated carbocycles. The van der Waals surface area contributed by atoms with Crippen LogP contribution in [-0.2, 0) is 14.4 Å². The van der Waals surface area contributed by atoms with Gasteiger partial charge in [0.1, 0.15) is 0 Å². The standard InChI is InChI=1S/3C13H26O2.Bi/c3*1-2-3-4-5-6-7-8-9-10-11-12-13(14)15;/h3*2-12H2,1H3,(H,14,15);/q;;;+3/p-3. The van der Waals surface area contributed by atoms with Crippen LogP contribution in [0.4, 0.5) is 0 Å². The van der Waals surface area contributed by atoms with Crippen LogP contribution in [0.15, 0.2) is 0 Å². The van der Waals surface area contributed by atoms with E-state index in [1.54, 1.807) is 0 Å². The molecule has 0 rings (SSSR count). The molecule has 2 radical (unpaired) electrons. The molecule has 0 spiro atoms. The van der Waals surface area contributed by atoms with Gasteiger partial charge in [0.05, 0.1) is 0 Å². The third-order valence-electron chi connectivity index (χ3n) is 8.20. The Morgan fingerprint density at radius 2 is 0.413 bits per heavy atom. The molecule has 6 nitrogen and oxygen atoms in total. The molecule has 0 fully saturated rings. The number of rotatable bonds is 33. The van der Waals surface area contributed by atoms with E-state index in [1.807, 2.05) is 0 Å². The minimum absolute atomic E-state index is 0. The molecule has 0 aliphatic rings. The summed E-state index contributed by atoms with van der Waals surface area (Å²) in [6, 6.07) is 0. The summed E-state index contributed by atoms with van der Waals surface area (Å²) < 4.78 is 0. The number of hydrogen-bond donors (Lipinski definition) is 0. The van der Waals surface area contributed by atoms with Gasteiger partial charge < -0.3 is 29.7 Å². The van der Waals surface area contributed by atoms with Gasteiger partial charge >= 0.3 is 26.2 Å². The predicted molar refractivity (Wildman–Crippen MR) is 190 cm³/mol. The first-order valence-electron chi connectivity index (χ1n) is 19.4. The second-order valence-corrected chi connectivity index (χ2v) is 12.9. The SMILES string of the molecule is CCCCCCCCCCCCC(=O)[O-].CCCCCCCCCCCCC(=O)[O-].CCCCCCCCCCCCC(=O)[O-].[Bi+3]. The van der Waals surface area contributed by atoms with E-state index >= 15 is 0 Å². The summed E-state index contributed by atoms with van der Waals surface area (Å²) in [7, 11) is 0. The largest absolute Gasteiger partial charge is 3.00 e. The Balaban J connectivity index is -0.000000285. The van der Waals surface area contributed by atoms with Crippen LogP contribution in [0.1, 0.15) is 233 Å². The van der Waals surface area contributed by atoms with Gasteiger partial charge in [-0.15, -0.1) is 0 Å². The number of aliphatic carboxylic acids is 3. The number of carboxylic acid groups (broad SMARTS) is 3. The molecular formula is C39H75BiO6. The van der Waals surface area contributed by atoms with Crippen molar-refractivity contribution < 1.29 is 29.7 Å². The molecule has 0 heterocycles. The van der Waals surface area contributed by atoms with Gasteiger partial charge in [0.2, 0.25) is 0 Å². The average Bonchev–Trinajstić information content (AvgIpc) is 3.00. The summed E-state index contributed by atoms with van der Waals surface area (Å²) >= 11 is 0. The maximum Gasteiger partial charge on any atom is 3.00 e. The smallest absolute Gasteiger partial charge is 0.550 e. The monoisotopic (exact) mass is 849 g/mol. The Morgan fingerprint density at radius 3 is 0.543 bits per heavy atom. The van der Waals surface area contributed by atoms with Crippen molar-refractivity contribution in [3.63, 3.8) is 0 Å². The molecule has 0 unspecified atom stereocenters. The molecule has 0 aromatic heterocycles. The van der Waals surface area contributed by atoms with Gasteiger partial charge in [-0.25, -0.2) is 0 Å². The van der Waals surface area contributed by atoms with E-state index in [1.165, 1.54) is 154 Å². The van der Waals surface area contributed by atoms with Crippen LogP contribution in [0.25, 0.3) is 0 Å². The van der Waals surface area contributed by atoms with E-state index in [4.69, 9.17) is 0 Å². The molecule has 7 heteroatoms. The number of hydrogen-bond acceptors (Lipinski definition) is 6. The van der Waals surface area contributed by atoms with Gasteiger partial charge in [0, 0.05) is 17.9 Å². The third-order valence-corrected chi connectivity index (χ3v) is 8.20. The number of carbonyl (C=O) groups excluding carboxylic acids is 3. The normalized spacial score (nSPS) is 10.2. The molecule has 0 atom stereocenters. The second kappa shape index (κ2) is 48.7. The van der Waals surface area contributed by atoms with E-state index in [9.17, 15) is 29.7 Å². The molecule has 0 saturated heterocycles. The van der Waals surface area contributed by atoms with Crippen LogP contribution in [0.3, 0.4) is 0 Å². The topological polar surface area (TPSA) is 120 Å². The summed E-state index contributed by atoms with van der Waals surface area (Å²) in [5, 5.41) is 30.4. The Hall–Kier alpha value is -0.707. The predicted octanol–water partition coefficient (Wildman–Crippen LogP) is 8.76. The summed E-state index contributed by atoms with van der Waals surface area (Å²) in [4.78, 5) is 30.4. The molecule has 0 aliphatic heterocycles. The van der Waals surface area contributed by atoms with Gasteiger partial charge in [-0.2, -0.15) is 0 Å². The fourth-order valence-corrected chi connectivity index (χ4v) is 5.27. The zero-order valence-electron chi connectivity index (χ0n) is 30.7. The van der Waals surface area contributed by atoms with Crippen LogP contribution >= 0.6 is 0 Å². The molecule has 0 aromatic rings. The number of carbonyl (C=O) groups is 3. The Labute approximate surface area is 305 Å². The first kappa shape index (κ1) is 52.1. The van der Waals surface area contributed by atoms with Crippen molar-refractivity contribution in [2.75, 3.05) is 0 Å². The van der Waals surface area contributed by atoms with Gasteiger partial charge in [0.15, 0.2) is 0 Å². The molecule has 272 valence electrons. The van der Waals surface area contributed by atoms with Gasteiger partial charge in [0.25, 0.3) is 0 Å². The molecular weight excluding hydrogens is 773 g/mol. The fourth-order valence-electron chi connectivity index (χ4n) is 5.27. The van der Waals surface area contributed by atoms with Crippen molar-refractivity contribution in [3.05, 3.63) is 0 Å². The zero-order chi connectivity index (χ0) is 34.1. The summed E-state index contributed by atoms with van der Waals surface area (Å²) in [5.41, 5.74) is 0. The van der Waals surface area contributed by atoms with E-state index < -0.39 is 17.9 Å². The zero-order valence-corrected chi connectivity index (χ0v) is 34.2. The average molecular weight is 849 g/mol. The van der Waals surface area contributed by atoms with Crippen molar-refractivity contribution >= 4 is 44.1 Å². The van der Waals surface area contributed by atoms with Crippen LogP contribution < -0.4 is 15.3 Å². The Morgan fingerprint density at radius 1 is 0.283 bits per heavy atom. The maximum absolute atomic E-state index is 10.1. The van der Waals surface area contributed by atoms with Gasteiger partial charge in [-0.05, 0) is 38.5 Å². The Bertz CT molecular complexity index is 518. The third kappa shape index (κ3) is 62.2. The van der Waals surface area contributed by atoms with Crippen LogP contribution in [0.2, 0.25) is 0 Å². The van der Waals surface area contributed by atoms with Crippen LogP contribution in [-0.4, -0.2) is 44.1 Å². The van der Waals surface area contributed by atoms with E-state index in [0.717, 1.165) is 38.5 Å². The van der Waals surface area contributed by atoms with E-state index in [-0.39, 0.29) is 45.5 Å². The van der Waals surface area contributed by atoms with Gasteiger partial charge in [-0.3, -0.25) is 0 Å². The molecule has 0 amide bonds. The Kier molecular flexibility index (Phi) is 55.2. The number of unbranched alkanes of at least 4 members (excludes halogenated alkanes) is 27. The summed E-state index contributed by atoms with van der Waals surface area (Å²) in [5.74, 6) is -2.72. The van der Waals surface area contributed by atoms with Crippen LogP contribution in [0.5, 0.6) is 0 Å². The molecule has 46 heavy (non-hydrogen) atoms.